The monoisotopic (exact) mass is 407 g/mol. The molecule has 152 valence electrons. The van der Waals surface area contributed by atoms with Gasteiger partial charge in [0.25, 0.3) is 0 Å². The van der Waals surface area contributed by atoms with Crippen LogP contribution in [0.5, 0.6) is 11.5 Å². The Bertz CT molecular complexity index is 893. The number of nitrogens with zero attached hydrogens (tertiary/aromatic N) is 2. The third-order valence-corrected chi connectivity index (χ3v) is 7.09. The van der Waals surface area contributed by atoms with Crippen LogP contribution in [0.25, 0.3) is 5.69 Å². The van der Waals surface area contributed by atoms with Gasteiger partial charge in [-0.1, -0.05) is 0 Å². The zero-order valence-electron chi connectivity index (χ0n) is 15.8. The Morgan fingerprint density at radius 3 is 2.68 bits per heavy atom. The van der Waals surface area contributed by atoms with Crippen LogP contribution in [0.4, 0.5) is 0 Å². The molecule has 1 aliphatic heterocycles. The molecule has 0 amide bonds. The molecule has 28 heavy (non-hydrogen) atoms. The van der Waals surface area contributed by atoms with E-state index in [1.165, 1.54) is 0 Å². The minimum Gasteiger partial charge on any atom is -0.493 e. The van der Waals surface area contributed by atoms with Crippen LogP contribution in [-0.4, -0.2) is 56.4 Å². The molecule has 1 aromatic carbocycles. The number of hydrogen-bond donors (Lipinski definition) is 1. The van der Waals surface area contributed by atoms with Crippen LogP contribution in [0.1, 0.15) is 19.3 Å². The van der Waals surface area contributed by atoms with Crippen LogP contribution >= 0.6 is 0 Å². The molecule has 1 aliphatic carbocycles. The first-order valence-electron chi connectivity index (χ1n) is 9.46. The van der Waals surface area contributed by atoms with Gasteiger partial charge in [0.05, 0.1) is 43.7 Å². The van der Waals surface area contributed by atoms with Crippen molar-refractivity contribution >= 4 is 10.0 Å². The molecule has 0 spiro atoms. The molecular weight excluding hydrogens is 382 g/mol. The van der Waals surface area contributed by atoms with E-state index in [4.69, 9.17) is 14.2 Å². The van der Waals surface area contributed by atoms with Crippen molar-refractivity contribution in [1.82, 2.24) is 14.5 Å². The molecule has 2 heterocycles. The summed E-state index contributed by atoms with van der Waals surface area (Å²) in [5, 5.41) is 4.02. The Labute approximate surface area is 164 Å². The maximum atomic E-state index is 12.3. The summed E-state index contributed by atoms with van der Waals surface area (Å²) >= 11 is 0. The molecule has 1 N–H and O–H groups in total. The highest BCUT2D eigenvalue weighted by Gasteiger charge is 2.39. The predicted octanol–water partition coefficient (Wildman–Crippen LogP) is 1.75. The molecule has 2 fully saturated rings. The quantitative estimate of drug-likeness (QED) is 0.717. The van der Waals surface area contributed by atoms with Gasteiger partial charge in [0.2, 0.25) is 10.0 Å². The Hall–Kier alpha value is -2.10. The van der Waals surface area contributed by atoms with Crippen LogP contribution in [0.2, 0.25) is 0 Å². The van der Waals surface area contributed by atoms with Gasteiger partial charge in [-0.05, 0) is 43.5 Å². The number of methoxy groups -OCH3 is 1. The number of rotatable bonds is 8. The lowest BCUT2D eigenvalue weighted by Gasteiger charge is -2.31. The number of ether oxygens (including phenoxy) is 3. The predicted molar refractivity (Wildman–Crippen MR) is 103 cm³/mol. The second-order valence-electron chi connectivity index (χ2n) is 7.22. The van der Waals surface area contributed by atoms with Crippen LogP contribution in [0.3, 0.4) is 0 Å². The van der Waals surface area contributed by atoms with Gasteiger partial charge in [-0.25, -0.2) is 17.8 Å². The molecule has 1 aromatic heterocycles. The highest BCUT2D eigenvalue weighted by molar-refractivity contribution is 7.90. The van der Waals surface area contributed by atoms with Crippen LogP contribution in [0.15, 0.2) is 36.7 Å². The van der Waals surface area contributed by atoms with E-state index in [2.05, 4.69) is 9.82 Å². The number of aromatic nitrogens is 2. The Morgan fingerprint density at radius 2 is 2.00 bits per heavy atom. The lowest BCUT2D eigenvalue weighted by atomic mass is 9.98. The molecule has 8 nitrogen and oxygen atoms in total. The van der Waals surface area contributed by atoms with E-state index in [1.54, 1.807) is 24.2 Å². The van der Waals surface area contributed by atoms with Gasteiger partial charge in [-0.2, -0.15) is 5.10 Å². The summed E-state index contributed by atoms with van der Waals surface area (Å²) in [7, 11) is -1.62. The SMILES string of the molecule is COc1cnn(-c2ccc(OC[C@H]3COCC[C@@H]3NS(=O)(=O)C3CC3)cc2)c1. The zero-order chi connectivity index (χ0) is 19.6. The zero-order valence-corrected chi connectivity index (χ0v) is 16.6. The molecule has 9 heteroatoms. The average Bonchev–Trinajstić information content (AvgIpc) is 3.47. The van der Waals surface area contributed by atoms with E-state index in [1.807, 2.05) is 24.3 Å². The van der Waals surface area contributed by atoms with Crippen molar-refractivity contribution in [2.75, 3.05) is 26.9 Å². The fraction of sp³-hybridized carbons (Fsp3) is 0.526. The van der Waals surface area contributed by atoms with Gasteiger partial charge in [-0.3, -0.25) is 0 Å². The van der Waals surface area contributed by atoms with Crippen molar-refractivity contribution in [2.45, 2.75) is 30.6 Å². The van der Waals surface area contributed by atoms with E-state index < -0.39 is 10.0 Å². The summed E-state index contributed by atoms with van der Waals surface area (Å²) in [4.78, 5) is 0. The summed E-state index contributed by atoms with van der Waals surface area (Å²) in [5.41, 5.74) is 0.895. The minimum absolute atomic E-state index is 0.0164. The van der Waals surface area contributed by atoms with Gasteiger partial charge in [-0.15, -0.1) is 0 Å². The van der Waals surface area contributed by atoms with E-state index in [9.17, 15) is 8.42 Å². The van der Waals surface area contributed by atoms with E-state index in [-0.39, 0.29) is 17.2 Å². The van der Waals surface area contributed by atoms with E-state index in [0.29, 0.717) is 32.0 Å². The first-order chi connectivity index (χ1) is 13.5. The van der Waals surface area contributed by atoms with Crippen molar-refractivity contribution in [3.8, 4) is 17.2 Å². The van der Waals surface area contributed by atoms with Gasteiger partial charge in [0.15, 0.2) is 5.75 Å². The van der Waals surface area contributed by atoms with Crippen LogP contribution in [0, 0.1) is 5.92 Å². The Kier molecular flexibility index (Phi) is 5.56. The number of sulfonamides is 1. The van der Waals surface area contributed by atoms with E-state index >= 15 is 0 Å². The third-order valence-electron chi connectivity index (χ3n) is 5.11. The Balaban J connectivity index is 1.35. The van der Waals surface area contributed by atoms with Crippen LogP contribution < -0.4 is 14.2 Å². The highest BCUT2D eigenvalue weighted by atomic mass is 32.2. The van der Waals surface area contributed by atoms with Gasteiger partial charge in [0.1, 0.15) is 5.75 Å². The normalized spacial score (nSPS) is 22.8. The van der Waals surface area contributed by atoms with Crippen molar-refractivity contribution < 1.29 is 22.6 Å². The minimum atomic E-state index is -3.22. The number of nitrogens with one attached hydrogen (secondary N) is 1. The topological polar surface area (TPSA) is 91.7 Å². The van der Waals surface area contributed by atoms with Crippen molar-refractivity contribution in [3.63, 3.8) is 0 Å². The Morgan fingerprint density at radius 1 is 1.21 bits per heavy atom. The van der Waals surface area contributed by atoms with Crippen LogP contribution in [-0.2, 0) is 14.8 Å². The first kappa shape index (κ1) is 19.2. The molecule has 0 bridgehead atoms. The van der Waals surface area contributed by atoms with Crippen molar-refractivity contribution in [1.29, 1.82) is 0 Å². The standard InChI is InChI=1S/C19H25N3O5S/c1-25-17-10-20-22(11-17)15-2-4-16(5-3-15)27-13-14-12-26-9-8-19(14)21-28(23,24)18-6-7-18/h2-5,10-11,14,18-19,21H,6-9,12-13H2,1H3/t14-,19+/m1/s1. The van der Waals surface area contributed by atoms with Gasteiger partial charge < -0.3 is 14.2 Å². The molecular formula is C19H25N3O5S. The molecule has 0 unspecified atom stereocenters. The second kappa shape index (κ2) is 8.10. The summed E-state index contributed by atoms with van der Waals surface area (Å²) in [6.07, 6.45) is 5.63. The molecule has 2 aliphatic rings. The van der Waals surface area contributed by atoms with Gasteiger partial charge >= 0.3 is 0 Å². The lowest BCUT2D eigenvalue weighted by molar-refractivity contribution is 0.0186. The average molecular weight is 407 g/mol. The molecule has 0 radical (unpaired) electrons. The molecule has 2 aromatic rings. The highest BCUT2D eigenvalue weighted by Crippen LogP contribution is 2.29. The molecule has 4 rings (SSSR count). The fourth-order valence-electron chi connectivity index (χ4n) is 3.25. The summed E-state index contributed by atoms with van der Waals surface area (Å²) in [6, 6.07) is 7.42. The van der Waals surface area contributed by atoms with Crippen molar-refractivity contribution in [2.24, 2.45) is 5.92 Å². The van der Waals surface area contributed by atoms with Crippen molar-refractivity contribution in [3.05, 3.63) is 36.7 Å². The second-order valence-corrected chi connectivity index (χ2v) is 9.21. The van der Waals surface area contributed by atoms with Gasteiger partial charge in [0, 0.05) is 18.6 Å². The summed E-state index contributed by atoms with van der Waals surface area (Å²) in [6.45, 7) is 1.45. The number of benzene rings is 1. The first-order valence-corrected chi connectivity index (χ1v) is 11.0. The molecule has 2 atom stereocenters. The maximum absolute atomic E-state index is 12.3. The fourth-order valence-corrected chi connectivity index (χ4v) is 4.93. The summed E-state index contributed by atoms with van der Waals surface area (Å²) < 4.78 is 45.7. The number of hydrogen-bond acceptors (Lipinski definition) is 6. The van der Waals surface area contributed by atoms with E-state index in [0.717, 1.165) is 24.3 Å². The molecule has 1 saturated heterocycles. The molecule has 1 saturated carbocycles. The maximum Gasteiger partial charge on any atom is 0.214 e. The largest absolute Gasteiger partial charge is 0.493 e. The smallest absolute Gasteiger partial charge is 0.214 e. The lowest BCUT2D eigenvalue weighted by Crippen LogP contribution is -2.48. The summed E-state index contributed by atoms with van der Waals surface area (Å²) in [5.74, 6) is 1.40. The third kappa shape index (κ3) is 4.48.